The Kier molecular flexibility index (Phi) is 34.7. The zero-order valence-corrected chi connectivity index (χ0v) is 30.8. The fourth-order valence-corrected chi connectivity index (χ4v) is 6.32. The largest absolute Gasteiger partial charge is 0.465 e. The van der Waals surface area contributed by atoms with Crippen molar-refractivity contribution in [3.05, 3.63) is 0 Å². The van der Waals surface area contributed by atoms with Gasteiger partial charge in [-0.2, -0.15) is 0 Å². The predicted molar refractivity (Wildman–Crippen MR) is 194 cm³/mol. The van der Waals surface area contributed by atoms with Crippen molar-refractivity contribution in [2.75, 3.05) is 6.61 Å². The van der Waals surface area contributed by atoms with Crippen LogP contribution in [0.25, 0.3) is 0 Å². The molecule has 0 aliphatic carbocycles. The average molecular weight is 635 g/mol. The van der Waals surface area contributed by atoms with Crippen molar-refractivity contribution in [2.24, 2.45) is 5.92 Å². The Bertz CT molecular complexity index is 658. The summed E-state index contributed by atoms with van der Waals surface area (Å²) in [5.74, 6) is -2.24. The second-order valence-electron chi connectivity index (χ2n) is 13.9. The maximum Gasteiger partial charge on any atom is 0.316 e. The summed E-state index contributed by atoms with van der Waals surface area (Å²) in [6.07, 6.45) is 39.0. The highest BCUT2D eigenvalue weighted by Crippen LogP contribution is 2.19. The molecule has 45 heavy (non-hydrogen) atoms. The molecule has 1 unspecified atom stereocenters. The van der Waals surface area contributed by atoms with Gasteiger partial charge in [-0.05, 0) is 19.3 Å². The van der Waals surface area contributed by atoms with Crippen molar-refractivity contribution in [2.45, 2.75) is 233 Å². The summed E-state index contributed by atoms with van der Waals surface area (Å²) in [5, 5.41) is 0. The number of esters is 1. The number of carbonyl (C=O) groups is 3. The minimum atomic E-state index is -0.900. The molecule has 0 N–H and O–H groups in total. The molecule has 0 rings (SSSR count). The van der Waals surface area contributed by atoms with Gasteiger partial charge in [0.1, 0.15) is 5.92 Å². The van der Waals surface area contributed by atoms with Crippen molar-refractivity contribution in [1.82, 2.24) is 0 Å². The molecule has 0 amide bonds. The number of hydrogen-bond acceptors (Lipinski definition) is 4. The predicted octanol–water partition coefficient (Wildman–Crippen LogP) is 13.2. The van der Waals surface area contributed by atoms with Crippen LogP contribution in [0.3, 0.4) is 0 Å². The molecule has 0 heterocycles. The second-order valence-corrected chi connectivity index (χ2v) is 13.9. The topological polar surface area (TPSA) is 60.4 Å². The second kappa shape index (κ2) is 35.7. The first-order valence-electron chi connectivity index (χ1n) is 20.3. The molecule has 0 spiro atoms. The number of Topliss-reactive ketones (excluding diaryl/α,β-unsaturated/α-hetero) is 2. The van der Waals surface area contributed by atoms with Gasteiger partial charge in [0.25, 0.3) is 0 Å². The molecular weight excluding hydrogens is 556 g/mol. The van der Waals surface area contributed by atoms with Crippen LogP contribution < -0.4 is 0 Å². The Hall–Kier alpha value is -1.19. The molecule has 0 aromatic heterocycles. The Balaban J connectivity index is 4.13. The van der Waals surface area contributed by atoms with E-state index in [1.165, 1.54) is 141 Å². The Morgan fingerprint density at radius 1 is 0.400 bits per heavy atom. The van der Waals surface area contributed by atoms with Crippen LogP contribution in [-0.4, -0.2) is 24.1 Å². The van der Waals surface area contributed by atoms with Gasteiger partial charge in [0.05, 0.1) is 6.61 Å². The summed E-state index contributed by atoms with van der Waals surface area (Å²) in [4.78, 5) is 38.7. The van der Waals surface area contributed by atoms with Crippen LogP contribution in [0.2, 0.25) is 0 Å². The van der Waals surface area contributed by atoms with Gasteiger partial charge in [0.15, 0.2) is 5.78 Å². The van der Waals surface area contributed by atoms with E-state index >= 15 is 0 Å². The van der Waals surface area contributed by atoms with Crippen LogP contribution in [0.1, 0.15) is 233 Å². The minimum Gasteiger partial charge on any atom is -0.465 e. The molecule has 4 heteroatoms. The normalized spacial score (nSPS) is 12.0. The standard InChI is InChI=1S/C41H78O4/c1-4-7-10-12-14-16-18-20-22-24-26-28-30-32-35-38(41(44)45-37-34-9-6-3)40(43)39(42)36-33-31-29-27-25-23-21-19-17-15-13-11-8-5-2/h38H,4-37H2,1-3H3. The lowest BCUT2D eigenvalue weighted by Crippen LogP contribution is -2.32. The number of ketones is 2. The van der Waals surface area contributed by atoms with Crippen LogP contribution in [0, 0.1) is 5.92 Å². The van der Waals surface area contributed by atoms with E-state index in [2.05, 4.69) is 20.8 Å². The number of hydrogen-bond donors (Lipinski definition) is 0. The molecule has 0 fully saturated rings. The number of ether oxygens (including phenoxy) is 1. The maximum atomic E-state index is 13.1. The van der Waals surface area contributed by atoms with Crippen LogP contribution >= 0.6 is 0 Å². The molecule has 0 aromatic carbocycles. The molecule has 0 radical (unpaired) electrons. The van der Waals surface area contributed by atoms with Crippen molar-refractivity contribution in [3.8, 4) is 0 Å². The van der Waals surface area contributed by atoms with Gasteiger partial charge in [-0.15, -0.1) is 0 Å². The molecule has 0 saturated heterocycles. The third-order valence-corrected chi connectivity index (χ3v) is 9.47. The maximum absolute atomic E-state index is 13.1. The van der Waals surface area contributed by atoms with Gasteiger partial charge < -0.3 is 4.74 Å². The summed E-state index contributed by atoms with van der Waals surface area (Å²) in [7, 11) is 0. The molecule has 266 valence electrons. The Morgan fingerprint density at radius 3 is 1.09 bits per heavy atom. The summed E-state index contributed by atoms with van der Waals surface area (Å²) >= 11 is 0. The highest BCUT2D eigenvalue weighted by atomic mass is 16.5. The van der Waals surface area contributed by atoms with Crippen LogP contribution in [0.4, 0.5) is 0 Å². The molecule has 4 nitrogen and oxygen atoms in total. The van der Waals surface area contributed by atoms with E-state index in [1.807, 2.05) is 0 Å². The first-order valence-corrected chi connectivity index (χ1v) is 20.3. The molecule has 0 aliphatic heterocycles. The highest BCUT2D eigenvalue weighted by Gasteiger charge is 2.31. The SMILES string of the molecule is CCCCCCCCCCCCCCCCC(=O)C(=O)C(CCCCCCCCCCCCCCCC)C(=O)OCCCCC. The lowest BCUT2D eigenvalue weighted by Gasteiger charge is -2.15. The molecule has 1 atom stereocenters. The Morgan fingerprint density at radius 2 is 0.711 bits per heavy atom. The molecule has 0 aliphatic rings. The van der Waals surface area contributed by atoms with Crippen molar-refractivity contribution < 1.29 is 19.1 Å². The Labute approximate surface area is 281 Å². The van der Waals surface area contributed by atoms with Gasteiger partial charge >= 0.3 is 5.97 Å². The van der Waals surface area contributed by atoms with E-state index in [0.717, 1.165) is 57.8 Å². The first kappa shape index (κ1) is 43.8. The number of carbonyl (C=O) groups excluding carboxylic acids is 3. The summed E-state index contributed by atoms with van der Waals surface area (Å²) in [6.45, 7) is 7.00. The third-order valence-electron chi connectivity index (χ3n) is 9.47. The zero-order chi connectivity index (χ0) is 33.1. The van der Waals surface area contributed by atoms with Crippen molar-refractivity contribution in [3.63, 3.8) is 0 Å². The van der Waals surface area contributed by atoms with E-state index < -0.39 is 17.7 Å². The van der Waals surface area contributed by atoms with E-state index in [4.69, 9.17) is 4.74 Å². The summed E-state index contributed by atoms with van der Waals surface area (Å²) < 4.78 is 5.46. The lowest BCUT2D eigenvalue weighted by molar-refractivity contribution is -0.155. The zero-order valence-electron chi connectivity index (χ0n) is 30.8. The van der Waals surface area contributed by atoms with Gasteiger partial charge in [-0.3, -0.25) is 14.4 Å². The summed E-state index contributed by atoms with van der Waals surface area (Å²) in [6, 6.07) is 0. The van der Waals surface area contributed by atoms with Gasteiger partial charge in [-0.25, -0.2) is 0 Å². The van der Waals surface area contributed by atoms with E-state index in [-0.39, 0.29) is 12.2 Å². The van der Waals surface area contributed by atoms with E-state index in [0.29, 0.717) is 13.0 Å². The monoisotopic (exact) mass is 635 g/mol. The minimum absolute atomic E-state index is 0.273. The first-order chi connectivity index (χ1) is 22.1. The summed E-state index contributed by atoms with van der Waals surface area (Å²) in [5.41, 5.74) is 0. The smallest absolute Gasteiger partial charge is 0.316 e. The van der Waals surface area contributed by atoms with Gasteiger partial charge in [0.2, 0.25) is 5.78 Å². The van der Waals surface area contributed by atoms with Gasteiger partial charge in [0, 0.05) is 6.42 Å². The molecule has 0 aromatic rings. The van der Waals surface area contributed by atoms with Gasteiger partial charge in [-0.1, -0.05) is 207 Å². The van der Waals surface area contributed by atoms with Crippen LogP contribution in [0.5, 0.6) is 0 Å². The fraction of sp³-hybridized carbons (Fsp3) is 0.927. The third kappa shape index (κ3) is 29.9. The number of unbranched alkanes of at least 4 members (excludes halogenated alkanes) is 28. The molecule has 0 saturated carbocycles. The fourth-order valence-electron chi connectivity index (χ4n) is 6.32. The van der Waals surface area contributed by atoms with E-state index in [1.54, 1.807) is 0 Å². The highest BCUT2D eigenvalue weighted by molar-refractivity contribution is 6.41. The van der Waals surface area contributed by atoms with Crippen molar-refractivity contribution in [1.29, 1.82) is 0 Å². The average Bonchev–Trinajstić information content (AvgIpc) is 3.04. The lowest BCUT2D eigenvalue weighted by atomic mass is 9.92. The van der Waals surface area contributed by atoms with E-state index in [9.17, 15) is 14.4 Å². The molecular formula is C41H78O4. The number of rotatable bonds is 37. The van der Waals surface area contributed by atoms with Crippen molar-refractivity contribution >= 4 is 17.5 Å². The van der Waals surface area contributed by atoms with Crippen LogP contribution in [-0.2, 0) is 19.1 Å². The quantitative estimate of drug-likeness (QED) is 0.0295. The van der Waals surface area contributed by atoms with Crippen LogP contribution in [0.15, 0.2) is 0 Å². The molecule has 0 bridgehead atoms.